The molecule has 5 atom stereocenters. The molecule has 0 aliphatic carbocycles. The fraction of sp³-hybridized carbons (Fsp3) is 0.545. The molecule has 1 aliphatic rings. The van der Waals surface area contributed by atoms with Crippen molar-refractivity contribution in [3.63, 3.8) is 0 Å². The van der Waals surface area contributed by atoms with Gasteiger partial charge in [-0.2, -0.15) is 0 Å². The fourth-order valence-electron chi connectivity index (χ4n) is 2.17. The lowest BCUT2D eigenvalue weighted by atomic mass is 10.1. The molecule has 0 bridgehead atoms. The van der Waals surface area contributed by atoms with Crippen molar-refractivity contribution in [2.45, 2.75) is 25.0 Å². The molecule has 154 valence electrons. The Morgan fingerprint density at radius 1 is 1.15 bits per heavy atom. The van der Waals surface area contributed by atoms with Gasteiger partial charge < -0.3 is 34.2 Å². The van der Waals surface area contributed by atoms with Crippen molar-refractivity contribution < 1.29 is 50.8 Å². The molecule has 0 aromatic carbocycles. The molecule has 1 aliphatic heterocycles. The molecule has 27 heavy (non-hydrogen) atoms. The summed E-state index contributed by atoms with van der Waals surface area (Å²) in [5, 5.41) is 0. The highest BCUT2D eigenvalue weighted by atomic mass is 31.3. The van der Waals surface area contributed by atoms with Gasteiger partial charge in [0.2, 0.25) is 0 Å². The summed E-state index contributed by atoms with van der Waals surface area (Å²) in [4.78, 5) is 37.7. The van der Waals surface area contributed by atoms with Crippen LogP contribution in [-0.4, -0.2) is 24.8 Å². The van der Waals surface area contributed by atoms with Crippen LogP contribution < -0.4 is 20.4 Å². The number of nitrogens with zero attached hydrogens (tertiary/aromatic N) is 1. The van der Waals surface area contributed by atoms with Gasteiger partial charge in [-0.3, -0.25) is 13.7 Å². The van der Waals surface area contributed by atoms with Gasteiger partial charge in [-0.05, 0) is 24.5 Å². The molecule has 2 rings (SSSR count). The number of nitrogens with two attached hydrogens (primary N) is 1. The Bertz CT molecular complexity index is 788. The van der Waals surface area contributed by atoms with Gasteiger partial charge in [0.05, 0.1) is 18.8 Å². The Kier molecular flexibility index (Phi) is 7.34. The molecular weight excluding hydrogens is 429 g/mol. The van der Waals surface area contributed by atoms with Crippen molar-refractivity contribution >= 4 is 29.3 Å². The third-order valence-corrected chi connectivity index (χ3v) is 7.44. The molecule has 0 saturated carbocycles. The summed E-state index contributed by atoms with van der Waals surface area (Å²) >= 11 is 0. The lowest BCUT2D eigenvalue weighted by molar-refractivity contribution is -0.250. The van der Waals surface area contributed by atoms with Crippen LogP contribution in [0.5, 0.6) is 0 Å². The maximum atomic E-state index is 11.6. The zero-order valence-corrected chi connectivity index (χ0v) is 16.5. The molecular formula is C11H16N2O11P3-3. The average Bonchev–Trinajstić information content (AvgIpc) is 3.01. The summed E-state index contributed by atoms with van der Waals surface area (Å²) in [6, 6.07) is 3.29. The molecule has 5 unspecified atom stereocenters. The van der Waals surface area contributed by atoms with E-state index in [0.29, 0.717) is 25.8 Å². The third kappa shape index (κ3) is 7.34. The highest BCUT2D eigenvalue weighted by Gasteiger charge is 2.30. The third-order valence-electron chi connectivity index (χ3n) is 3.33. The van der Waals surface area contributed by atoms with E-state index in [1.165, 1.54) is 6.20 Å². The van der Waals surface area contributed by atoms with E-state index in [1.54, 1.807) is 12.1 Å². The standard InChI is InChI=1S/C11H19N2O11P3/c1-20-25(14,15)23-27(18,19)24-26(16,17)21-7-9-3-4-10(22-9)8-2-5-11(12)13-6-8/h2,5-6,9-10H,3-4,7H2,1H3,(H2,12,13)(H,14,15)(H,16,17)(H,18,19)/p-3. The first kappa shape index (κ1) is 22.6. The Morgan fingerprint density at radius 2 is 1.81 bits per heavy atom. The summed E-state index contributed by atoms with van der Waals surface area (Å²) in [5.41, 5.74) is 6.22. The molecule has 0 spiro atoms. The van der Waals surface area contributed by atoms with Gasteiger partial charge >= 0.3 is 0 Å². The molecule has 1 fully saturated rings. The van der Waals surface area contributed by atoms with Crippen molar-refractivity contribution in [2.24, 2.45) is 0 Å². The first-order valence-electron chi connectivity index (χ1n) is 7.34. The lowest BCUT2D eigenvalue weighted by Crippen LogP contribution is -2.20. The van der Waals surface area contributed by atoms with Crippen molar-refractivity contribution in [3.05, 3.63) is 23.9 Å². The molecule has 2 heterocycles. The average molecular weight is 445 g/mol. The minimum Gasteiger partial charge on any atom is -0.756 e. The number of aromatic nitrogens is 1. The van der Waals surface area contributed by atoms with E-state index >= 15 is 0 Å². The first-order valence-corrected chi connectivity index (χ1v) is 11.7. The number of rotatable bonds is 9. The molecule has 1 saturated heterocycles. The molecule has 0 radical (unpaired) electrons. The van der Waals surface area contributed by atoms with E-state index in [9.17, 15) is 28.4 Å². The van der Waals surface area contributed by atoms with Gasteiger partial charge in [-0.1, -0.05) is 6.07 Å². The van der Waals surface area contributed by atoms with Crippen LogP contribution in [0.4, 0.5) is 5.82 Å². The van der Waals surface area contributed by atoms with Crippen LogP contribution in [-0.2, 0) is 36.1 Å². The quantitative estimate of drug-likeness (QED) is 0.497. The Hall–Kier alpha value is -0.680. The lowest BCUT2D eigenvalue weighted by Gasteiger charge is -2.33. The molecule has 0 amide bonds. The summed E-state index contributed by atoms with van der Waals surface area (Å²) < 4.78 is 54.8. The van der Waals surface area contributed by atoms with Gasteiger partial charge in [-0.15, -0.1) is 0 Å². The number of anilines is 1. The molecule has 1 aromatic heterocycles. The van der Waals surface area contributed by atoms with E-state index in [1.807, 2.05) is 0 Å². The second-order valence-corrected chi connectivity index (χ2v) is 9.94. The molecule has 2 N–H and O–H groups in total. The van der Waals surface area contributed by atoms with Crippen molar-refractivity contribution in [1.29, 1.82) is 0 Å². The number of phosphoric ester groups is 2. The summed E-state index contributed by atoms with van der Waals surface area (Å²) in [6.07, 6.45) is 1.45. The molecule has 1 aromatic rings. The molecule has 13 nitrogen and oxygen atoms in total. The van der Waals surface area contributed by atoms with Crippen molar-refractivity contribution in [2.75, 3.05) is 19.5 Å². The van der Waals surface area contributed by atoms with Crippen LogP contribution in [0.3, 0.4) is 0 Å². The zero-order valence-electron chi connectivity index (χ0n) is 13.9. The topological polar surface area (TPSA) is 205 Å². The number of pyridine rings is 1. The summed E-state index contributed by atoms with van der Waals surface area (Å²) in [5.74, 6) is 0.335. The van der Waals surface area contributed by atoms with Crippen molar-refractivity contribution in [1.82, 2.24) is 4.98 Å². The van der Waals surface area contributed by atoms with E-state index in [4.69, 9.17) is 10.5 Å². The highest BCUT2D eigenvalue weighted by Crippen LogP contribution is 2.62. The van der Waals surface area contributed by atoms with E-state index < -0.39 is 36.2 Å². The van der Waals surface area contributed by atoms with E-state index in [-0.39, 0.29) is 6.10 Å². The summed E-state index contributed by atoms with van der Waals surface area (Å²) in [7, 11) is -15.9. The van der Waals surface area contributed by atoms with Crippen LogP contribution in [0.2, 0.25) is 0 Å². The maximum Gasteiger partial charge on any atom is 0.280 e. The van der Waals surface area contributed by atoms with Gasteiger partial charge in [-0.25, -0.2) is 13.6 Å². The number of hydrogen-bond acceptors (Lipinski definition) is 13. The maximum absolute atomic E-state index is 11.6. The van der Waals surface area contributed by atoms with E-state index in [0.717, 1.165) is 5.56 Å². The number of phosphoric acid groups is 3. The second kappa shape index (κ2) is 8.77. The van der Waals surface area contributed by atoms with Gasteiger partial charge in [0.1, 0.15) is 5.82 Å². The Labute approximate surface area is 154 Å². The van der Waals surface area contributed by atoms with E-state index in [2.05, 4.69) is 22.7 Å². The second-order valence-electron chi connectivity index (χ2n) is 5.32. The zero-order chi connectivity index (χ0) is 20.3. The normalized spacial score (nSPS) is 26.8. The van der Waals surface area contributed by atoms with Gasteiger partial charge in [0.15, 0.2) is 0 Å². The molecule has 16 heteroatoms. The van der Waals surface area contributed by atoms with Gasteiger partial charge in [0, 0.05) is 13.3 Å². The first-order chi connectivity index (χ1) is 12.4. The minimum atomic E-state index is -5.79. The minimum absolute atomic E-state index is 0.335. The summed E-state index contributed by atoms with van der Waals surface area (Å²) in [6.45, 7) is -0.543. The Balaban J connectivity index is 1.86. The largest absolute Gasteiger partial charge is 0.756 e. The Morgan fingerprint density at radius 3 is 2.41 bits per heavy atom. The highest BCUT2D eigenvalue weighted by molar-refractivity contribution is 7.65. The van der Waals surface area contributed by atoms with Crippen LogP contribution in [0.1, 0.15) is 24.5 Å². The fourth-order valence-corrected chi connectivity index (χ4v) is 5.32. The monoisotopic (exact) mass is 445 g/mol. The van der Waals surface area contributed by atoms with Crippen LogP contribution in [0.15, 0.2) is 18.3 Å². The van der Waals surface area contributed by atoms with Gasteiger partial charge in [0.25, 0.3) is 23.5 Å². The van der Waals surface area contributed by atoms with Crippen LogP contribution in [0, 0.1) is 0 Å². The predicted molar refractivity (Wildman–Crippen MR) is 83.4 cm³/mol. The number of nitrogen functional groups attached to an aromatic ring is 1. The SMILES string of the molecule is COP(=O)([O-])OP(=O)([O-])OP(=O)([O-])OCC1CCC(c2ccc(N)nc2)O1. The van der Waals surface area contributed by atoms with Crippen molar-refractivity contribution in [3.8, 4) is 0 Å². The smallest absolute Gasteiger partial charge is 0.280 e. The predicted octanol–water partition coefficient (Wildman–Crippen LogP) is -0.0147. The van der Waals surface area contributed by atoms with Crippen LogP contribution in [0.25, 0.3) is 0 Å². The number of ether oxygens (including phenoxy) is 1. The van der Waals surface area contributed by atoms with Crippen LogP contribution >= 0.6 is 23.5 Å². The number of hydrogen-bond donors (Lipinski definition) is 1.